The van der Waals surface area contributed by atoms with Gasteiger partial charge in [-0.1, -0.05) is 54.1 Å². The van der Waals surface area contributed by atoms with Crippen LogP contribution in [0.15, 0.2) is 54.6 Å². The number of carbonyl (C=O) groups excluding carboxylic acids is 1. The van der Waals surface area contributed by atoms with Crippen LogP contribution in [0.25, 0.3) is 0 Å². The number of nitrogens with one attached hydrogen (secondary N) is 1. The predicted molar refractivity (Wildman–Crippen MR) is 96.7 cm³/mol. The number of hydrogen-bond acceptors (Lipinski definition) is 3. The zero-order valence-corrected chi connectivity index (χ0v) is 14.8. The number of aryl methyl sites for hydroxylation is 1. The lowest BCUT2D eigenvalue weighted by atomic mass is 10.1. The van der Waals surface area contributed by atoms with E-state index in [0.717, 1.165) is 11.1 Å². The first kappa shape index (κ1) is 18.5. The fourth-order valence-corrected chi connectivity index (χ4v) is 3.62. The van der Waals surface area contributed by atoms with Crippen molar-refractivity contribution in [1.82, 2.24) is 5.32 Å². The molecule has 0 aliphatic carbocycles. The van der Waals surface area contributed by atoms with Crippen LogP contribution in [0, 0.1) is 0 Å². The van der Waals surface area contributed by atoms with Gasteiger partial charge in [0.2, 0.25) is 5.91 Å². The van der Waals surface area contributed by atoms with Gasteiger partial charge in [0.05, 0.1) is 5.75 Å². The molecule has 0 atom stereocenters. The molecule has 0 saturated carbocycles. The smallest absolute Gasteiger partial charge is 0.235 e. The zero-order valence-electron chi connectivity index (χ0n) is 13.2. The Morgan fingerprint density at radius 3 is 2.29 bits per heavy atom. The van der Waals surface area contributed by atoms with Crippen molar-refractivity contribution in [2.75, 3.05) is 11.5 Å². The van der Waals surface area contributed by atoms with Gasteiger partial charge in [-0.2, -0.15) is 0 Å². The quantitative estimate of drug-likeness (QED) is 0.782. The van der Waals surface area contributed by atoms with Gasteiger partial charge in [-0.3, -0.25) is 4.79 Å². The van der Waals surface area contributed by atoms with Crippen LogP contribution in [-0.4, -0.2) is 25.8 Å². The number of carbonyl (C=O) groups is 1. The van der Waals surface area contributed by atoms with Gasteiger partial charge in [-0.05, 0) is 36.1 Å². The van der Waals surface area contributed by atoms with Gasteiger partial charge in [0, 0.05) is 11.6 Å². The fourth-order valence-electron chi connectivity index (χ4n) is 2.27. The molecular weight excluding hydrogens is 346 g/mol. The largest absolute Gasteiger partial charge is 0.351 e. The van der Waals surface area contributed by atoms with Gasteiger partial charge < -0.3 is 5.32 Å². The van der Waals surface area contributed by atoms with Crippen LogP contribution in [0.5, 0.6) is 0 Å². The summed E-state index contributed by atoms with van der Waals surface area (Å²) in [6, 6.07) is 16.7. The summed E-state index contributed by atoms with van der Waals surface area (Å²) < 4.78 is 24.0. The van der Waals surface area contributed by atoms with E-state index < -0.39 is 21.5 Å². The average Bonchev–Trinajstić information content (AvgIpc) is 2.55. The second kappa shape index (κ2) is 8.85. The minimum absolute atomic E-state index is 0.0102. The van der Waals surface area contributed by atoms with Crippen LogP contribution in [0.1, 0.15) is 17.5 Å². The Kier molecular flexibility index (Phi) is 6.82. The highest BCUT2D eigenvalue weighted by Gasteiger charge is 2.16. The van der Waals surface area contributed by atoms with E-state index in [0.29, 0.717) is 17.9 Å². The van der Waals surface area contributed by atoms with Crippen molar-refractivity contribution in [3.63, 3.8) is 0 Å². The second-order valence-electron chi connectivity index (χ2n) is 5.58. The standard InChI is InChI=1S/C18H20ClNO3S/c19-17-10-8-16(9-11-17)13-20-18(21)14-24(22,23)12-4-7-15-5-2-1-3-6-15/h1-3,5-6,8-11H,4,7,12-14H2,(H,20,21). The zero-order chi connectivity index (χ0) is 17.4. The van der Waals surface area contributed by atoms with Crippen molar-refractivity contribution in [3.05, 3.63) is 70.7 Å². The van der Waals surface area contributed by atoms with E-state index in [1.165, 1.54) is 0 Å². The highest BCUT2D eigenvalue weighted by atomic mass is 35.5. The first-order valence-corrected chi connectivity index (χ1v) is 9.90. The molecule has 0 aromatic heterocycles. The Bertz CT molecular complexity index is 759. The third kappa shape index (κ3) is 6.72. The van der Waals surface area contributed by atoms with Crippen molar-refractivity contribution >= 4 is 27.3 Å². The van der Waals surface area contributed by atoms with Crippen LogP contribution in [0.3, 0.4) is 0 Å². The molecule has 0 unspecified atom stereocenters. The highest BCUT2D eigenvalue weighted by molar-refractivity contribution is 7.92. The number of hydrogen-bond donors (Lipinski definition) is 1. The summed E-state index contributed by atoms with van der Waals surface area (Å²) in [4.78, 5) is 11.8. The maximum atomic E-state index is 12.0. The summed E-state index contributed by atoms with van der Waals surface area (Å²) in [5, 5.41) is 3.24. The molecule has 0 radical (unpaired) electrons. The lowest BCUT2D eigenvalue weighted by Crippen LogP contribution is -2.31. The summed E-state index contributed by atoms with van der Waals surface area (Å²) >= 11 is 5.79. The van der Waals surface area contributed by atoms with E-state index in [2.05, 4.69) is 5.32 Å². The molecule has 0 fully saturated rings. The van der Waals surface area contributed by atoms with Crippen molar-refractivity contribution in [2.24, 2.45) is 0 Å². The molecule has 24 heavy (non-hydrogen) atoms. The van der Waals surface area contributed by atoms with Gasteiger partial charge in [-0.25, -0.2) is 8.42 Å². The SMILES string of the molecule is O=C(CS(=O)(=O)CCCc1ccccc1)NCc1ccc(Cl)cc1. The average molecular weight is 366 g/mol. The van der Waals surface area contributed by atoms with E-state index in [9.17, 15) is 13.2 Å². The van der Waals surface area contributed by atoms with Crippen LogP contribution in [0.2, 0.25) is 5.02 Å². The third-order valence-corrected chi connectivity index (χ3v) is 5.38. The first-order valence-electron chi connectivity index (χ1n) is 7.70. The molecule has 1 amide bonds. The normalized spacial score (nSPS) is 11.2. The van der Waals surface area contributed by atoms with Crippen LogP contribution in [-0.2, 0) is 27.6 Å². The molecule has 0 aliphatic rings. The Hall–Kier alpha value is -1.85. The van der Waals surface area contributed by atoms with Gasteiger partial charge in [0.1, 0.15) is 5.75 Å². The Labute approximate surface area is 147 Å². The molecule has 0 bridgehead atoms. The summed E-state index contributed by atoms with van der Waals surface area (Å²) in [5.74, 6) is -0.948. The van der Waals surface area contributed by atoms with E-state index >= 15 is 0 Å². The Balaban J connectivity index is 1.74. The number of rotatable bonds is 8. The summed E-state index contributed by atoms with van der Waals surface area (Å²) in [5.41, 5.74) is 1.97. The molecule has 0 heterocycles. The Morgan fingerprint density at radius 2 is 1.62 bits per heavy atom. The molecule has 2 rings (SSSR count). The first-order chi connectivity index (χ1) is 11.4. The summed E-state index contributed by atoms with van der Waals surface area (Å²) in [6.45, 7) is 0.287. The predicted octanol–water partition coefficient (Wildman–Crippen LogP) is 3.00. The van der Waals surface area contributed by atoms with E-state index in [1.807, 2.05) is 30.3 Å². The Morgan fingerprint density at radius 1 is 0.958 bits per heavy atom. The minimum Gasteiger partial charge on any atom is -0.351 e. The topological polar surface area (TPSA) is 63.2 Å². The number of halogens is 1. The van der Waals surface area contributed by atoms with Gasteiger partial charge in [-0.15, -0.1) is 0 Å². The molecule has 2 aromatic rings. The number of amides is 1. The van der Waals surface area contributed by atoms with Gasteiger partial charge in [0.15, 0.2) is 9.84 Å². The third-order valence-electron chi connectivity index (χ3n) is 3.52. The maximum Gasteiger partial charge on any atom is 0.235 e. The van der Waals surface area contributed by atoms with Crippen molar-refractivity contribution in [3.8, 4) is 0 Å². The highest BCUT2D eigenvalue weighted by Crippen LogP contribution is 2.09. The second-order valence-corrected chi connectivity index (χ2v) is 8.20. The van der Waals surface area contributed by atoms with Crippen molar-refractivity contribution in [1.29, 1.82) is 0 Å². The molecule has 4 nitrogen and oxygen atoms in total. The summed E-state index contributed by atoms with van der Waals surface area (Å²) in [7, 11) is -3.40. The maximum absolute atomic E-state index is 12.0. The monoisotopic (exact) mass is 365 g/mol. The molecule has 0 saturated heterocycles. The number of sulfone groups is 1. The van der Waals surface area contributed by atoms with E-state index in [-0.39, 0.29) is 12.3 Å². The van der Waals surface area contributed by atoms with Crippen LogP contribution in [0.4, 0.5) is 0 Å². The minimum atomic E-state index is -3.40. The molecule has 0 aliphatic heterocycles. The molecule has 1 N–H and O–H groups in total. The van der Waals surface area contributed by atoms with Crippen LogP contribution >= 0.6 is 11.6 Å². The lowest BCUT2D eigenvalue weighted by Gasteiger charge is -2.07. The van der Waals surface area contributed by atoms with Gasteiger partial charge in [0.25, 0.3) is 0 Å². The van der Waals surface area contributed by atoms with Gasteiger partial charge >= 0.3 is 0 Å². The van der Waals surface area contributed by atoms with Crippen molar-refractivity contribution in [2.45, 2.75) is 19.4 Å². The molecule has 6 heteroatoms. The number of benzene rings is 2. The van der Waals surface area contributed by atoms with Crippen LogP contribution < -0.4 is 5.32 Å². The molecule has 2 aromatic carbocycles. The van der Waals surface area contributed by atoms with E-state index in [1.54, 1.807) is 24.3 Å². The fraction of sp³-hybridized carbons (Fsp3) is 0.278. The summed E-state index contributed by atoms with van der Waals surface area (Å²) in [6.07, 6.45) is 1.20. The lowest BCUT2D eigenvalue weighted by molar-refractivity contribution is -0.118. The molecular formula is C18H20ClNO3S. The molecule has 128 valence electrons. The molecule has 0 spiro atoms. The van der Waals surface area contributed by atoms with E-state index in [4.69, 9.17) is 11.6 Å². The van der Waals surface area contributed by atoms with Crippen molar-refractivity contribution < 1.29 is 13.2 Å².